The minimum Gasteiger partial charge on any atom is -0.489 e. The van der Waals surface area contributed by atoms with Crippen LogP contribution in [-0.4, -0.2) is 23.7 Å². The summed E-state index contributed by atoms with van der Waals surface area (Å²) in [6, 6.07) is 13.6. The summed E-state index contributed by atoms with van der Waals surface area (Å²) in [6.45, 7) is 5.49. The van der Waals surface area contributed by atoms with E-state index < -0.39 is 5.97 Å². The summed E-state index contributed by atoms with van der Waals surface area (Å²) < 4.78 is 5.72. The number of ether oxygens (including phenoxy) is 1. The van der Waals surface area contributed by atoms with Gasteiger partial charge >= 0.3 is 5.97 Å². The lowest BCUT2D eigenvalue weighted by Gasteiger charge is -2.37. The molecule has 0 aromatic heterocycles. The molecule has 1 atom stereocenters. The van der Waals surface area contributed by atoms with E-state index in [0.717, 1.165) is 18.0 Å². The normalized spacial score (nSPS) is 16.8. The minimum absolute atomic E-state index is 0.192. The van der Waals surface area contributed by atoms with Crippen LogP contribution < -0.4 is 9.64 Å². The highest BCUT2D eigenvalue weighted by atomic mass is 16.5. The number of carbonyl (C=O) groups is 1. The highest BCUT2D eigenvalue weighted by Crippen LogP contribution is 2.35. The van der Waals surface area contributed by atoms with E-state index in [9.17, 15) is 9.90 Å². The molecule has 1 aliphatic rings. The van der Waals surface area contributed by atoms with E-state index in [1.165, 1.54) is 11.1 Å². The Balaban J connectivity index is 1.95. The first-order valence-corrected chi connectivity index (χ1v) is 7.37. The van der Waals surface area contributed by atoms with Crippen LogP contribution in [0.2, 0.25) is 0 Å². The molecule has 0 radical (unpaired) electrons. The predicted octanol–water partition coefficient (Wildman–Crippen LogP) is 3.48. The molecule has 0 unspecified atom stereocenters. The molecule has 22 heavy (non-hydrogen) atoms. The Hall–Kier alpha value is -2.49. The molecule has 114 valence electrons. The zero-order valence-electron chi connectivity index (χ0n) is 12.7. The Bertz CT molecular complexity index is 694. The molecular formula is C18H19NO3. The molecule has 0 fully saturated rings. The summed E-state index contributed by atoms with van der Waals surface area (Å²) in [7, 11) is 0. The van der Waals surface area contributed by atoms with Gasteiger partial charge in [0.2, 0.25) is 0 Å². The minimum atomic E-state index is -0.920. The van der Waals surface area contributed by atoms with Gasteiger partial charge in [0.05, 0.1) is 17.3 Å². The van der Waals surface area contributed by atoms with Crippen LogP contribution in [0.4, 0.5) is 5.69 Å². The summed E-state index contributed by atoms with van der Waals surface area (Å²) in [5.41, 5.74) is 3.56. The van der Waals surface area contributed by atoms with Crippen molar-refractivity contribution in [2.45, 2.75) is 26.4 Å². The van der Waals surface area contributed by atoms with Crippen molar-refractivity contribution in [3.8, 4) is 5.75 Å². The molecule has 1 N–H and O–H groups in total. The quantitative estimate of drug-likeness (QED) is 0.942. The molecule has 4 nitrogen and oxygen atoms in total. The fourth-order valence-corrected chi connectivity index (χ4v) is 2.67. The number of rotatable bonds is 3. The van der Waals surface area contributed by atoms with Gasteiger partial charge in [-0.25, -0.2) is 4.79 Å². The third kappa shape index (κ3) is 2.77. The van der Waals surface area contributed by atoms with Gasteiger partial charge in [0, 0.05) is 6.54 Å². The summed E-state index contributed by atoms with van der Waals surface area (Å²) in [5, 5.41) is 9.20. The monoisotopic (exact) mass is 297 g/mol. The first-order chi connectivity index (χ1) is 10.5. The molecule has 0 spiro atoms. The number of hydrogen-bond donors (Lipinski definition) is 1. The molecule has 1 aliphatic heterocycles. The van der Waals surface area contributed by atoms with Gasteiger partial charge in [0.1, 0.15) is 12.4 Å². The smallest absolute Gasteiger partial charge is 0.335 e. The molecule has 0 bridgehead atoms. The van der Waals surface area contributed by atoms with Crippen molar-refractivity contribution in [3.05, 3.63) is 59.2 Å². The van der Waals surface area contributed by atoms with Gasteiger partial charge in [-0.2, -0.15) is 0 Å². The fraction of sp³-hybridized carbons (Fsp3) is 0.278. The lowest BCUT2D eigenvalue weighted by Crippen LogP contribution is -2.40. The predicted molar refractivity (Wildman–Crippen MR) is 85.7 cm³/mol. The summed E-state index contributed by atoms with van der Waals surface area (Å²) >= 11 is 0. The van der Waals surface area contributed by atoms with Crippen molar-refractivity contribution in [3.63, 3.8) is 0 Å². The van der Waals surface area contributed by atoms with Gasteiger partial charge < -0.3 is 14.7 Å². The topological polar surface area (TPSA) is 49.8 Å². The maximum atomic E-state index is 11.2. The van der Waals surface area contributed by atoms with Crippen LogP contribution in [0.15, 0.2) is 42.5 Å². The molecule has 4 heteroatoms. The van der Waals surface area contributed by atoms with E-state index in [-0.39, 0.29) is 11.6 Å². The van der Waals surface area contributed by atoms with Crippen LogP contribution in [-0.2, 0) is 6.54 Å². The van der Waals surface area contributed by atoms with Crippen LogP contribution in [0.1, 0.15) is 28.4 Å². The molecule has 3 rings (SSSR count). The Labute approximate surface area is 130 Å². The Kier molecular flexibility index (Phi) is 3.75. The van der Waals surface area contributed by atoms with E-state index in [4.69, 9.17) is 4.74 Å². The number of nitrogens with zero attached hydrogens (tertiary/aromatic N) is 1. The molecular weight excluding hydrogens is 278 g/mol. The van der Waals surface area contributed by atoms with Crippen molar-refractivity contribution in [1.82, 2.24) is 0 Å². The van der Waals surface area contributed by atoms with Crippen LogP contribution in [0.5, 0.6) is 5.75 Å². The standard InChI is InChI=1S/C18H19NO3/c1-12-3-5-14(6-4-12)10-19-13(2)11-22-17-8-7-15(18(20)21)9-16(17)19/h3-9,13H,10-11H2,1-2H3,(H,20,21)/t13-/m1/s1. The summed E-state index contributed by atoms with van der Waals surface area (Å²) in [6.07, 6.45) is 0. The van der Waals surface area contributed by atoms with E-state index in [0.29, 0.717) is 6.61 Å². The second-order valence-electron chi connectivity index (χ2n) is 5.76. The number of fused-ring (bicyclic) bond motifs is 1. The van der Waals surface area contributed by atoms with E-state index in [1.54, 1.807) is 18.2 Å². The maximum Gasteiger partial charge on any atom is 0.335 e. The molecule has 2 aromatic rings. The maximum absolute atomic E-state index is 11.2. The van der Waals surface area contributed by atoms with E-state index in [1.807, 2.05) is 0 Å². The Morgan fingerprint density at radius 2 is 2.00 bits per heavy atom. The van der Waals surface area contributed by atoms with Gasteiger partial charge in [-0.15, -0.1) is 0 Å². The number of carboxylic acid groups (broad SMARTS) is 1. The lowest BCUT2D eigenvalue weighted by molar-refractivity contribution is 0.0697. The highest BCUT2D eigenvalue weighted by Gasteiger charge is 2.25. The zero-order valence-corrected chi connectivity index (χ0v) is 12.7. The molecule has 0 saturated carbocycles. The number of carboxylic acids is 1. The first kappa shape index (κ1) is 14.4. The summed E-state index contributed by atoms with van der Waals surface area (Å²) in [4.78, 5) is 13.4. The Morgan fingerprint density at radius 1 is 1.27 bits per heavy atom. The molecule has 2 aromatic carbocycles. The van der Waals surface area contributed by atoms with Crippen molar-refractivity contribution in [2.24, 2.45) is 0 Å². The molecule has 0 saturated heterocycles. The number of hydrogen-bond acceptors (Lipinski definition) is 3. The third-order valence-corrected chi connectivity index (χ3v) is 4.00. The van der Waals surface area contributed by atoms with Crippen molar-refractivity contribution in [2.75, 3.05) is 11.5 Å². The second-order valence-corrected chi connectivity index (χ2v) is 5.76. The second kappa shape index (κ2) is 5.72. The first-order valence-electron chi connectivity index (χ1n) is 7.37. The SMILES string of the molecule is Cc1ccc(CN2c3cc(C(=O)O)ccc3OC[C@H]2C)cc1. The Morgan fingerprint density at radius 3 is 2.68 bits per heavy atom. The highest BCUT2D eigenvalue weighted by molar-refractivity contribution is 5.89. The van der Waals surface area contributed by atoms with Crippen molar-refractivity contribution in [1.29, 1.82) is 0 Å². The van der Waals surface area contributed by atoms with E-state index >= 15 is 0 Å². The van der Waals surface area contributed by atoms with Crippen molar-refractivity contribution < 1.29 is 14.6 Å². The van der Waals surface area contributed by atoms with Gasteiger partial charge in [-0.3, -0.25) is 0 Å². The average Bonchev–Trinajstić information content (AvgIpc) is 2.51. The molecule has 0 aliphatic carbocycles. The van der Waals surface area contributed by atoms with Gasteiger partial charge in [-0.05, 0) is 37.6 Å². The van der Waals surface area contributed by atoms with Gasteiger partial charge in [-0.1, -0.05) is 29.8 Å². The zero-order chi connectivity index (χ0) is 15.7. The molecule has 0 amide bonds. The summed E-state index contributed by atoms with van der Waals surface area (Å²) in [5.74, 6) is -0.175. The largest absolute Gasteiger partial charge is 0.489 e. The fourth-order valence-electron chi connectivity index (χ4n) is 2.67. The van der Waals surface area contributed by atoms with Gasteiger partial charge in [0.15, 0.2) is 0 Å². The van der Waals surface area contributed by atoms with Crippen LogP contribution in [0, 0.1) is 6.92 Å². The van der Waals surface area contributed by atoms with Crippen LogP contribution >= 0.6 is 0 Å². The van der Waals surface area contributed by atoms with Crippen LogP contribution in [0.25, 0.3) is 0 Å². The third-order valence-electron chi connectivity index (χ3n) is 4.00. The average molecular weight is 297 g/mol. The number of aryl methyl sites for hydroxylation is 1. The van der Waals surface area contributed by atoms with E-state index in [2.05, 4.69) is 43.0 Å². The van der Waals surface area contributed by atoms with Crippen molar-refractivity contribution >= 4 is 11.7 Å². The number of benzene rings is 2. The number of anilines is 1. The van der Waals surface area contributed by atoms with Crippen LogP contribution in [0.3, 0.4) is 0 Å². The lowest BCUT2D eigenvalue weighted by atomic mass is 10.1. The number of aromatic carboxylic acids is 1. The molecule has 1 heterocycles. The van der Waals surface area contributed by atoms with Gasteiger partial charge in [0.25, 0.3) is 0 Å².